The van der Waals surface area contributed by atoms with Crippen LogP contribution >= 0.6 is 0 Å². The van der Waals surface area contributed by atoms with Crippen LogP contribution in [0.5, 0.6) is 0 Å². The fourth-order valence-electron chi connectivity index (χ4n) is 1.49. The van der Waals surface area contributed by atoms with Crippen LogP contribution in [0.4, 0.5) is 0 Å². The summed E-state index contributed by atoms with van der Waals surface area (Å²) in [5.74, 6) is 0.390. The molecule has 2 nitrogen and oxygen atoms in total. The largest absolute Gasteiger partial charge is 0.352 e. The molecule has 0 atom stereocenters. The van der Waals surface area contributed by atoms with Crippen molar-refractivity contribution in [3.05, 3.63) is 12.2 Å². The van der Waals surface area contributed by atoms with Crippen molar-refractivity contribution in [1.82, 2.24) is 5.32 Å². The van der Waals surface area contributed by atoms with E-state index < -0.39 is 0 Å². The molecule has 1 amide bonds. The zero-order valence-electron chi connectivity index (χ0n) is 9.73. The Kier molecular flexibility index (Phi) is 7.17. The van der Waals surface area contributed by atoms with E-state index in [1.807, 2.05) is 6.92 Å². The van der Waals surface area contributed by atoms with Gasteiger partial charge in [0.2, 0.25) is 5.91 Å². The number of amides is 1. The first kappa shape index (κ1) is 13.2. The van der Waals surface area contributed by atoms with E-state index in [0.717, 1.165) is 31.3 Å². The van der Waals surface area contributed by atoms with Crippen LogP contribution in [0, 0.1) is 5.92 Å². The zero-order chi connectivity index (χ0) is 11.0. The number of hydrogen-bond donors (Lipinski definition) is 1. The Morgan fingerprint density at radius 1 is 1.29 bits per heavy atom. The minimum absolute atomic E-state index is 0.191. The van der Waals surface area contributed by atoms with Crippen molar-refractivity contribution in [1.29, 1.82) is 0 Å². The van der Waals surface area contributed by atoms with Gasteiger partial charge in [0.05, 0.1) is 0 Å². The van der Waals surface area contributed by atoms with Gasteiger partial charge in [0.1, 0.15) is 0 Å². The van der Waals surface area contributed by atoms with Gasteiger partial charge in [0.15, 0.2) is 0 Å². The van der Waals surface area contributed by atoms with Crippen molar-refractivity contribution >= 4 is 5.91 Å². The third-order valence-electron chi connectivity index (χ3n) is 2.21. The van der Waals surface area contributed by atoms with Crippen molar-refractivity contribution < 1.29 is 4.79 Å². The maximum atomic E-state index is 11.7. The lowest BCUT2D eigenvalue weighted by molar-refractivity contribution is -0.125. The highest BCUT2D eigenvalue weighted by molar-refractivity contribution is 5.78. The quantitative estimate of drug-likeness (QED) is 0.625. The van der Waals surface area contributed by atoms with Gasteiger partial charge >= 0.3 is 0 Å². The fourth-order valence-corrected chi connectivity index (χ4v) is 1.49. The van der Waals surface area contributed by atoms with E-state index in [1.165, 1.54) is 0 Å². The molecule has 0 spiro atoms. The molecule has 0 aromatic rings. The summed E-state index contributed by atoms with van der Waals surface area (Å²) in [6, 6.07) is 0. The van der Waals surface area contributed by atoms with Gasteiger partial charge in [-0.2, -0.15) is 0 Å². The predicted molar refractivity (Wildman–Crippen MR) is 61.1 cm³/mol. The number of nitrogens with one attached hydrogen (secondary N) is 1. The van der Waals surface area contributed by atoms with Gasteiger partial charge in [-0.25, -0.2) is 0 Å². The second-order valence-electron chi connectivity index (χ2n) is 3.95. The van der Waals surface area contributed by atoms with Gasteiger partial charge in [-0.05, 0) is 19.8 Å². The maximum Gasteiger partial charge on any atom is 0.223 e. The normalized spacial score (nSPS) is 10.3. The van der Waals surface area contributed by atoms with Crippen LogP contribution in [0.15, 0.2) is 12.2 Å². The Hall–Kier alpha value is -0.790. The molecule has 82 valence electrons. The van der Waals surface area contributed by atoms with Gasteiger partial charge in [-0.3, -0.25) is 4.79 Å². The molecule has 0 heterocycles. The monoisotopic (exact) mass is 197 g/mol. The maximum absolute atomic E-state index is 11.7. The van der Waals surface area contributed by atoms with Crippen molar-refractivity contribution in [3.8, 4) is 0 Å². The minimum Gasteiger partial charge on any atom is -0.352 e. The van der Waals surface area contributed by atoms with Crippen LogP contribution in [-0.2, 0) is 4.79 Å². The first-order valence-corrected chi connectivity index (χ1v) is 5.53. The highest BCUT2D eigenvalue weighted by Gasteiger charge is 2.15. The predicted octanol–water partition coefficient (Wildman–Crippen LogP) is 2.90. The van der Waals surface area contributed by atoms with E-state index in [2.05, 4.69) is 25.7 Å². The summed E-state index contributed by atoms with van der Waals surface area (Å²) in [6.45, 7) is 10.5. The Bertz CT molecular complexity index is 181. The molecule has 0 saturated heterocycles. The van der Waals surface area contributed by atoms with Gasteiger partial charge in [0.25, 0.3) is 0 Å². The highest BCUT2D eigenvalue weighted by atomic mass is 16.1. The third kappa shape index (κ3) is 5.79. The molecule has 1 N–H and O–H groups in total. The van der Waals surface area contributed by atoms with Crippen molar-refractivity contribution in [3.63, 3.8) is 0 Å². The first-order valence-electron chi connectivity index (χ1n) is 5.53. The molecule has 0 bridgehead atoms. The molecule has 0 aliphatic heterocycles. The molecule has 0 rings (SSSR count). The van der Waals surface area contributed by atoms with Gasteiger partial charge in [-0.15, -0.1) is 0 Å². The Labute approximate surface area is 87.8 Å². The summed E-state index contributed by atoms with van der Waals surface area (Å²) in [5, 5.41) is 2.91. The molecule has 0 aromatic carbocycles. The van der Waals surface area contributed by atoms with Gasteiger partial charge in [-0.1, -0.05) is 38.8 Å². The van der Waals surface area contributed by atoms with Gasteiger partial charge < -0.3 is 5.32 Å². The van der Waals surface area contributed by atoms with Crippen LogP contribution in [0.1, 0.15) is 46.5 Å². The summed E-state index contributed by atoms with van der Waals surface area (Å²) < 4.78 is 0. The Balaban J connectivity index is 3.94. The molecule has 0 aliphatic carbocycles. The summed E-state index contributed by atoms with van der Waals surface area (Å²) in [5.41, 5.74) is 1.00. The number of carbonyl (C=O) groups excluding carboxylic acids is 1. The molecular formula is C12H23NO. The first-order chi connectivity index (χ1) is 6.61. The van der Waals surface area contributed by atoms with E-state index in [-0.39, 0.29) is 11.8 Å². The average Bonchev–Trinajstić information content (AvgIpc) is 2.14. The lowest BCUT2D eigenvalue weighted by Gasteiger charge is -2.14. The van der Waals surface area contributed by atoms with E-state index in [9.17, 15) is 4.79 Å². The molecule has 0 unspecified atom stereocenters. The summed E-state index contributed by atoms with van der Waals surface area (Å²) in [7, 11) is 0. The van der Waals surface area contributed by atoms with E-state index >= 15 is 0 Å². The van der Waals surface area contributed by atoms with Crippen molar-refractivity contribution in [2.24, 2.45) is 5.92 Å². The van der Waals surface area contributed by atoms with Crippen molar-refractivity contribution in [2.75, 3.05) is 6.54 Å². The van der Waals surface area contributed by atoms with Crippen LogP contribution in [0.3, 0.4) is 0 Å². The lowest BCUT2D eigenvalue weighted by atomic mass is 9.97. The van der Waals surface area contributed by atoms with Crippen LogP contribution < -0.4 is 5.32 Å². The molecule has 0 saturated carbocycles. The lowest BCUT2D eigenvalue weighted by Crippen LogP contribution is -2.31. The van der Waals surface area contributed by atoms with E-state index in [4.69, 9.17) is 0 Å². The molecule has 0 fully saturated rings. The van der Waals surface area contributed by atoms with Crippen molar-refractivity contribution in [2.45, 2.75) is 46.5 Å². The van der Waals surface area contributed by atoms with Gasteiger partial charge in [0, 0.05) is 12.5 Å². The number of rotatable bonds is 7. The number of carbonyl (C=O) groups is 1. The summed E-state index contributed by atoms with van der Waals surface area (Å²) >= 11 is 0. The van der Waals surface area contributed by atoms with Crippen LogP contribution in [0.2, 0.25) is 0 Å². The second-order valence-corrected chi connectivity index (χ2v) is 3.95. The summed E-state index contributed by atoms with van der Waals surface area (Å²) in [4.78, 5) is 11.7. The van der Waals surface area contributed by atoms with Crippen LogP contribution in [0.25, 0.3) is 0 Å². The molecule has 0 aliphatic rings. The average molecular weight is 197 g/mol. The second kappa shape index (κ2) is 7.60. The highest BCUT2D eigenvalue weighted by Crippen LogP contribution is 2.13. The van der Waals surface area contributed by atoms with E-state index in [1.54, 1.807) is 0 Å². The molecule has 2 heteroatoms. The minimum atomic E-state index is 0.191. The molecule has 0 aromatic heterocycles. The molecule has 0 radical (unpaired) electrons. The topological polar surface area (TPSA) is 29.1 Å². The Morgan fingerprint density at radius 3 is 2.14 bits per heavy atom. The third-order valence-corrected chi connectivity index (χ3v) is 2.21. The fraction of sp³-hybridized carbons (Fsp3) is 0.750. The molecular weight excluding hydrogens is 174 g/mol. The smallest absolute Gasteiger partial charge is 0.223 e. The Morgan fingerprint density at radius 2 is 1.79 bits per heavy atom. The summed E-state index contributed by atoms with van der Waals surface area (Å²) in [6.07, 6.45) is 4.14. The standard InChI is InChI=1S/C12H23NO/c1-5-7-11(8-6-2)12(14)13-9-10(3)4/h11H,3,5-9H2,1-2,4H3,(H,13,14). The van der Waals surface area contributed by atoms with E-state index in [0.29, 0.717) is 6.54 Å². The van der Waals surface area contributed by atoms with Crippen LogP contribution in [-0.4, -0.2) is 12.5 Å². The molecule has 14 heavy (non-hydrogen) atoms. The number of hydrogen-bond acceptors (Lipinski definition) is 1. The SMILES string of the molecule is C=C(C)CNC(=O)C(CCC)CCC. The zero-order valence-corrected chi connectivity index (χ0v) is 9.73.